The highest BCUT2D eigenvalue weighted by Crippen LogP contribution is 2.10. The van der Waals surface area contributed by atoms with Crippen LogP contribution in [0.1, 0.15) is 43.1 Å². The number of nitrogens with one attached hydrogen (secondary N) is 3. The zero-order valence-electron chi connectivity index (χ0n) is 18.8. The zero-order chi connectivity index (χ0) is 23.5. The minimum Gasteiger partial charge on any atom is -0.350 e. The topological polar surface area (TPSA) is 104 Å². The van der Waals surface area contributed by atoms with Crippen LogP contribution in [0.2, 0.25) is 0 Å². The summed E-state index contributed by atoms with van der Waals surface area (Å²) < 4.78 is 0. The van der Waals surface area contributed by atoms with Crippen molar-refractivity contribution in [2.75, 3.05) is 6.54 Å². The Bertz CT molecular complexity index is 913. The van der Waals surface area contributed by atoms with Crippen LogP contribution in [0.4, 0.5) is 0 Å². The molecular weight excluding hydrogens is 406 g/mol. The number of carbonyl (C=O) groups is 4. The second-order valence-corrected chi connectivity index (χ2v) is 8.00. The third kappa shape index (κ3) is 7.65. The fourth-order valence-electron chi connectivity index (χ4n) is 3.27. The summed E-state index contributed by atoms with van der Waals surface area (Å²) in [6.45, 7) is 5.90. The molecule has 0 saturated heterocycles. The number of carbonyl (C=O) groups excluding carboxylic acids is 4. The molecule has 7 heteroatoms. The number of ketones is 1. The van der Waals surface area contributed by atoms with E-state index in [0.717, 1.165) is 5.56 Å². The zero-order valence-corrected chi connectivity index (χ0v) is 18.8. The van der Waals surface area contributed by atoms with E-state index >= 15 is 0 Å². The highest BCUT2D eigenvalue weighted by atomic mass is 16.2. The smallest absolute Gasteiger partial charge is 0.289 e. The molecule has 3 N–H and O–H groups in total. The molecular formula is C25H31N3O4. The Hall–Kier alpha value is -3.48. The number of likely N-dealkylation sites (N-methyl/N-ethyl adjacent to an activating group) is 1. The Kier molecular flexibility index (Phi) is 9.60. The van der Waals surface area contributed by atoms with Crippen LogP contribution in [0.3, 0.4) is 0 Å². The lowest BCUT2D eigenvalue weighted by molar-refractivity contribution is -0.140. The Morgan fingerprint density at radius 1 is 0.812 bits per heavy atom. The van der Waals surface area contributed by atoms with Crippen molar-refractivity contribution < 1.29 is 19.2 Å². The quantitative estimate of drug-likeness (QED) is 0.469. The molecule has 0 heterocycles. The van der Waals surface area contributed by atoms with Crippen molar-refractivity contribution in [2.45, 2.75) is 45.7 Å². The molecule has 170 valence electrons. The lowest BCUT2D eigenvalue weighted by Crippen LogP contribution is -2.54. The van der Waals surface area contributed by atoms with E-state index in [1.54, 1.807) is 37.3 Å². The molecule has 3 amide bonds. The highest BCUT2D eigenvalue weighted by Gasteiger charge is 2.30. The second kappa shape index (κ2) is 12.4. The standard InChI is InChI=1S/C25H31N3O4/c1-4-26-25(32)22(29)20(16-18-11-7-5-8-12-18)27-24(31)21(15-17(2)3)28-23(30)19-13-9-6-10-14-19/h5-14,17,20-21H,4,15-16H2,1-3H3,(H,26,32)(H,27,31)(H,28,30)/t20?,21-/m0/s1. The predicted octanol–water partition coefficient (Wildman–Crippen LogP) is 2.26. The van der Waals surface area contributed by atoms with Crippen molar-refractivity contribution in [1.29, 1.82) is 0 Å². The summed E-state index contributed by atoms with van der Waals surface area (Å²) in [6.07, 6.45) is 0.557. The van der Waals surface area contributed by atoms with Crippen molar-refractivity contribution in [3.63, 3.8) is 0 Å². The van der Waals surface area contributed by atoms with Gasteiger partial charge in [0.25, 0.3) is 11.8 Å². The molecule has 2 rings (SSSR count). The summed E-state index contributed by atoms with van der Waals surface area (Å²) in [6, 6.07) is 15.9. The summed E-state index contributed by atoms with van der Waals surface area (Å²) in [7, 11) is 0. The van der Waals surface area contributed by atoms with E-state index in [-0.39, 0.29) is 18.2 Å². The number of rotatable bonds is 11. The lowest BCUT2D eigenvalue weighted by Gasteiger charge is -2.24. The molecule has 0 aliphatic rings. The lowest BCUT2D eigenvalue weighted by atomic mass is 9.99. The maximum absolute atomic E-state index is 13.1. The molecule has 2 aromatic rings. The number of Topliss-reactive ketones (excluding diaryl/α,β-unsaturated/α-hetero) is 1. The number of benzene rings is 2. The van der Waals surface area contributed by atoms with E-state index in [4.69, 9.17) is 0 Å². The van der Waals surface area contributed by atoms with E-state index in [1.807, 2.05) is 44.2 Å². The van der Waals surface area contributed by atoms with Crippen molar-refractivity contribution in [1.82, 2.24) is 16.0 Å². The molecule has 1 unspecified atom stereocenters. The Labute approximate surface area is 189 Å². The van der Waals surface area contributed by atoms with Crippen molar-refractivity contribution in [2.24, 2.45) is 5.92 Å². The maximum Gasteiger partial charge on any atom is 0.289 e. The van der Waals surface area contributed by atoms with Crippen LogP contribution in [0.15, 0.2) is 60.7 Å². The first-order valence-corrected chi connectivity index (χ1v) is 10.8. The molecule has 32 heavy (non-hydrogen) atoms. The molecule has 0 spiro atoms. The van der Waals surface area contributed by atoms with E-state index in [2.05, 4.69) is 16.0 Å². The van der Waals surface area contributed by atoms with Gasteiger partial charge in [0.1, 0.15) is 12.1 Å². The molecule has 7 nitrogen and oxygen atoms in total. The third-order valence-electron chi connectivity index (χ3n) is 4.84. The van der Waals surface area contributed by atoms with Gasteiger partial charge in [-0.1, -0.05) is 62.4 Å². The molecule has 0 saturated carbocycles. The molecule has 2 aromatic carbocycles. The van der Waals surface area contributed by atoms with Gasteiger partial charge in [-0.3, -0.25) is 19.2 Å². The van der Waals surface area contributed by atoms with Gasteiger partial charge in [0.05, 0.1) is 0 Å². The van der Waals surface area contributed by atoms with E-state index in [1.165, 1.54) is 0 Å². The second-order valence-electron chi connectivity index (χ2n) is 8.00. The van der Waals surface area contributed by atoms with Crippen LogP contribution in [0, 0.1) is 5.92 Å². The molecule has 0 aliphatic carbocycles. The number of hydrogen-bond donors (Lipinski definition) is 3. The summed E-state index contributed by atoms with van der Waals surface area (Å²) in [5.74, 6) is -2.22. The third-order valence-corrected chi connectivity index (χ3v) is 4.84. The molecule has 0 radical (unpaired) electrons. The van der Waals surface area contributed by atoms with E-state index in [0.29, 0.717) is 18.5 Å². The van der Waals surface area contributed by atoms with Gasteiger partial charge in [0, 0.05) is 18.5 Å². The Morgan fingerprint density at radius 2 is 1.41 bits per heavy atom. The number of hydrogen-bond acceptors (Lipinski definition) is 4. The summed E-state index contributed by atoms with van der Waals surface area (Å²) in [5.41, 5.74) is 1.25. The van der Waals surface area contributed by atoms with Gasteiger partial charge in [-0.15, -0.1) is 0 Å². The molecule has 0 fully saturated rings. The van der Waals surface area contributed by atoms with Gasteiger partial charge in [-0.2, -0.15) is 0 Å². The monoisotopic (exact) mass is 437 g/mol. The van der Waals surface area contributed by atoms with E-state index < -0.39 is 29.7 Å². The summed E-state index contributed by atoms with van der Waals surface area (Å²) in [4.78, 5) is 50.7. The molecule has 0 aromatic heterocycles. The van der Waals surface area contributed by atoms with Crippen molar-refractivity contribution in [3.8, 4) is 0 Å². The minimum atomic E-state index is -1.04. The first kappa shape index (κ1) is 24.8. The summed E-state index contributed by atoms with van der Waals surface area (Å²) in [5, 5.41) is 7.96. The first-order valence-electron chi connectivity index (χ1n) is 10.8. The van der Waals surface area contributed by atoms with Crippen LogP contribution in [-0.4, -0.2) is 42.1 Å². The average molecular weight is 438 g/mol. The van der Waals surface area contributed by atoms with Gasteiger partial charge < -0.3 is 16.0 Å². The van der Waals surface area contributed by atoms with Crippen LogP contribution in [0.5, 0.6) is 0 Å². The van der Waals surface area contributed by atoms with Gasteiger partial charge >= 0.3 is 0 Å². The van der Waals surface area contributed by atoms with Crippen LogP contribution in [0.25, 0.3) is 0 Å². The average Bonchev–Trinajstić information content (AvgIpc) is 2.78. The van der Waals surface area contributed by atoms with Crippen LogP contribution >= 0.6 is 0 Å². The van der Waals surface area contributed by atoms with Gasteiger partial charge in [-0.05, 0) is 37.0 Å². The van der Waals surface area contributed by atoms with E-state index in [9.17, 15) is 19.2 Å². The van der Waals surface area contributed by atoms with Crippen LogP contribution < -0.4 is 16.0 Å². The molecule has 2 atom stereocenters. The van der Waals surface area contributed by atoms with Gasteiger partial charge in [0.2, 0.25) is 11.7 Å². The SMILES string of the molecule is CCNC(=O)C(=O)C(Cc1ccccc1)NC(=O)[C@H](CC(C)C)NC(=O)c1ccccc1. The number of amides is 3. The summed E-state index contributed by atoms with van der Waals surface area (Å²) >= 11 is 0. The van der Waals surface area contributed by atoms with Gasteiger partial charge in [0.15, 0.2) is 0 Å². The normalized spacial score (nSPS) is 12.5. The van der Waals surface area contributed by atoms with Crippen molar-refractivity contribution in [3.05, 3.63) is 71.8 Å². The molecule has 0 bridgehead atoms. The maximum atomic E-state index is 13.1. The largest absolute Gasteiger partial charge is 0.350 e. The molecule has 0 aliphatic heterocycles. The minimum absolute atomic E-state index is 0.119. The Balaban J connectivity index is 2.20. The highest BCUT2D eigenvalue weighted by molar-refractivity contribution is 6.38. The Morgan fingerprint density at radius 3 is 1.97 bits per heavy atom. The first-order chi connectivity index (χ1) is 15.3. The predicted molar refractivity (Wildman–Crippen MR) is 123 cm³/mol. The fraction of sp³-hybridized carbons (Fsp3) is 0.360. The van der Waals surface area contributed by atoms with Crippen LogP contribution in [-0.2, 0) is 20.8 Å². The van der Waals surface area contributed by atoms with Gasteiger partial charge in [-0.25, -0.2) is 0 Å². The fourth-order valence-corrected chi connectivity index (χ4v) is 3.27. The van der Waals surface area contributed by atoms with Crippen molar-refractivity contribution >= 4 is 23.5 Å².